The number of anilines is 1. The Bertz CT molecular complexity index is 670. The predicted molar refractivity (Wildman–Crippen MR) is 90.5 cm³/mol. The average molecular weight is 359 g/mol. The Kier molecular flexibility index (Phi) is 6.93. The van der Waals surface area contributed by atoms with Gasteiger partial charge in [-0.05, 0) is 24.3 Å². The van der Waals surface area contributed by atoms with Gasteiger partial charge >= 0.3 is 0 Å². The van der Waals surface area contributed by atoms with Crippen LogP contribution in [-0.4, -0.2) is 32.2 Å². The lowest BCUT2D eigenvalue weighted by molar-refractivity contribution is 0.102. The molecule has 124 valence electrons. The van der Waals surface area contributed by atoms with Crippen LogP contribution in [-0.2, 0) is 0 Å². The van der Waals surface area contributed by atoms with Crippen molar-refractivity contribution in [2.24, 2.45) is 0 Å². The zero-order valence-corrected chi connectivity index (χ0v) is 14.3. The summed E-state index contributed by atoms with van der Waals surface area (Å²) in [4.78, 5) is 16.4. The zero-order chi connectivity index (χ0) is 16.1. The van der Waals surface area contributed by atoms with Crippen LogP contribution in [0.15, 0.2) is 30.5 Å². The first-order valence-electron chi connectivity index (χ1n) is 6.32. The van der Waals surface area contributed by atoms with Gasteiger partial charge in [0, 0.05) is 11.8 Å². The third-order valence-corrected chi connectivity index (χ3v) is 3.22. The molecule has 1 aromatic heterocycles. The van der Waals surface area contributed by atoms with Crippen molar-refractivity contribution in [1.29, 1.82) is 0 Å². The van der Waals surface area contributed by atoms with E-state index in [4.69, 9.17) is 25.8 Å². The van der Waals surface area contributed by atoms with Gasteiger partial charge < -0.3 is 19.5 Å². The fourth-order valence-electron chi connectivity index (χ4n) is 1.87. The number of rotatable bonds is 5. The number of halogens is 2. The van der Waals surface area contributed by atoms with Crippen molar-refractivity contribution in [1.82, 2.24) is 4.98 Å². The highest BCUT2D eigenvalue weighted by molar-refractivity contribution is 6.33. The fourth-order valence-corrected chi connectivity index (χ4v) is 2.04. The maximum Gasteiger partial charge on any atom is 0.257 e. The van der Waals surface area contributed by atoms with Crippen molar-refractivity contribution in [2.45, 2.75) is 0 Å². The van der Waals surface area contributed by atoms with Crippen molar-refractivity contribution < 1.29 is 19.0 Å². The molecule has 0 atom stereocenters. The van der Waals surface area contributed by atoms with E-state index in [1.54, 1.807) is 24.3 Å². The zero-order valence-electron chi connectivity index (χ0n) is 12.8. The second-order valence-corrected chi connectivity index (χ2v) is 4.61. The number of methoxy groups -OCH3 is 3. The molecule has 0 aliphatic rings. The van der Waals surface area contributed by atoms with Crippen molar-refractivity contribution >= 4 is 35.7 Å². The fraction of sp³-hybridized carbons (Fsp3) is 0.200. The molecular formula is C15H16Cl2N2O4. The number of nitrogens with zero attached hydrogens (tertiary/aromatic N) is 1. The first-order chi connectivity index (χ1) is 10.6. The minimum atomic E-state index is -0.389. The van der Waals surface area contributed by atoms with Gasteiger partial charge in [-0.3, -0.25) is 4.79 Å². The maximum absolute atomic E-state index is 12.3. The second-order valence-electron chi connectivity index (χ2n) is 4.20. The molecule has 0 saturated heterocycles. The molecule has 1 N–H and O–H groups in total. The van der Waals surface area contributed by atoms with Gasteiger partial charge in [-0.2, -0.15) is 0 Å². The number of aromatic nitrogens is 1. The number of hydrogen-bond donors (Lipinski definition) is 1. The SMILES string of the molecule is COc1cc(C(=O)Nc2ncccc2Cl)cc(OC)c1OC.Cl. The summed E-state index contributed by atoms with van der Waals surface area (Å²) < 4.78 is 15.6. The third kappa shape index (κ3) is 4.18. The summed E-state index contributed by atoms with van der Waals surface area (Å²) >= 11 is 5.97. The molecule has 8 heteroatoms. The van der Waals surface area contributed by atoms with E-state index in [0.717, 1.165) is 0 Å². The molecule has 0 aliphatic carbocycles. The smallest absolute Gasteiger partial charge is 0.257 e. The molecule has 2 rings (SSSR count). The first-order valence-corrected chi connectivity index (χ1v) is 6.70. The summed E-state index contributed by atoms with van der Waals surface area (Å²) in [6.45, 7) is 0. The van der Waals surface area contributed by atoms with E-state index >= 15 is 0 Å². The van der Waals surface area contributed by atoms with Gasteiger partial charge in [0.25, 0.3) is 5.91 Å². The Morgan fingerprint density at radius 3 is 2.22 bits per heavy atom. The summed E-state index contributed by atoms with van der Waals surface area (Å²) in [5.74, 6) is 1.08. The minimum absolute atomic E-state index is 0. The minimum Gasteiger partial charge on any atom is -0.493 e. The van der Waals surface area contributed by atoms with Gasteiger partial charge in [0.1, 0.15) is 0 Å². The molecular weight excluding hydrogens is 343 g/mol. The molecule has 0 radical (unpaired) electrons. The van der Waals surface area contributed by atoms with Crippen LogP contribution in [0.2, 0.25) is 5.02 Å². The molecule has 23 heavy (non-hydrogen) atoms. The van der Waals surface area contributed by atoms with Crippen LogP contribution in [0.5, 0.6) is 17.2 Å². The van der Waals surface area contributed by atoms with E-state index in [1.165, 1.54) is 27.5 Å². The first kappa shape index (κ1) is 18.9. The molecule has 1 amide bonds. The largest absolute Gasteiger partial charge is 0.493 e. The molecule has 0 spiro atoms. The summed E-state index contributed by atoms with van der Waals surface area (Å²) in [6, 6.07) is 6.41. The van der Waals surface area contributed by atoms with Gasteiger partial charge in [-0.15, -0.1) is 12.4 Å². The number of hydrogen-bond acceptors (Lipinski definition) is 5. The Morgan fingerprint density at radius 2 is 1.74 bits per heavy atom. The highest BCUT2D eigenvalue weighted by Crippen LogP contribution is 2.38. The van der Waals surface area contributed by atoms with Crippen LogP contribution < -0.4 is 19.5 Å². The van der Waals surface area contributed by atoms with E-state index in [2.05, 4.69) is 10.3 Å². The summed E-state index contributed by atoms with van der Waals surface area (Å²) in [6.07, 6.45) is 1.54. The van der Waals surface area contributed by atoms with E-state index in [0.29, 0.717) is 27.8 Å². The number of carbonyl (C=O) groups is 1. The number of ether oxygens (including phenoxy) is 3. The van der Waals surface area contributed by atoms with Gasteiger partial charge in [-0.25, -0.2) is 4.98 Å². The van der Waals surface area contributed by atoms with Gasteiger partial charge in [0.15, 0.2) is 17.3 Å². The van der Waals surface area contributed by atoms with Gasteiger partial charge in [-0.1, -0.05) is 11.6 Å². The monoisotopic (exact) mass is 358 g/mol. The van der Waals surface area contributed by atoms with E-state index in [9.17, 15) is 4.79 Å². The lowest BCUT2D eigenvalue weighted by Crippen LogP contribution is -2.14. The number of benzene rings is 1. The third-order valence-electron chi connectivity index (χ3n) is 2.92. The molecule has 6 nitrogen and oxygen atoms in total. The van der Waals surface area contributed by atoms with Crippen molar-refractivity contribution in [2.75, 3.05) is 26.6 Å². The molecule has 2 aromatic rings. The van der Waals surface area contributed by atoms with Crippen LogP contribution in [0.1, 0.15) is 10.4 Å². The van der Waals surface area contributed by atoms with Crippen LogP contribution in [0.4, 0.5) is 5.82 Å². The average Bonchev–Trinajstić information content (AvgIpc) is 2.55. The quantitative estimate of drug-likeness (QED) is 0.886. The summed E-state index contributed by atoms with van der Waals surface area (Å²) in [5.41, 5.74) is 0.330. The predicted octanol–water partition coefficient (Wildman–Crippen LogP) is 3.43. The summed E-state index contributed by atoms with van der Waals surface area (Å²) in [5, 5.41) is 2.98. The molecule has 0 aliphatic heterocycles. The van der Waals surface area contributed by atoms with Gasteiger partial charge in [0.2, 0.25) is 5.75 Å². The van der Waals surface area contributed by atoms with Crippen LogP contribution in [0.25, 0.3) is 0 Å². The molecule has 0 saturated carbocycles. The number of nitrogens with one attached hydrogen (secondary N) is 1. The standard InChI is InChI=1S/C15H15ClN2O4.ClH/c1-20-11-7-9(8-12(21-2)13(11)22-3)15(19)18-14-10(16)5-4-6-17-14;/h4-8H,1-3H3,(H,17,18,19);1H. The lowest BCUT2D eigenvalue weighted by Gasteiger charge is -2.14. The second kappa shape index (κ2) is 8.45. The van der Waals surface area contributed by atoms with Crippen molar-refractivity contribution in [3.63, 3.8) is 0 Å². The lowest BCUT2D eigenvalue weighted by atomic mass is 10.1. The molecule has 1 heterocycles. The normalized spacial score (nSPS) is 9.57. The van der Waals surface area contributed by atoms with E-state index in [-0.39, 0.29) is 24.1 Å². The molecule has 1 aromatic carbocycles. The topological polar surface area (TPSA) is 69.7 Å². The molecule has 0 unspecified atom stereocenters. The van der Waals surface area contributed by atoms with Crippen LogP contribution in [0, 0.1) is 0 Å². The highest BCUT2D eigenvalue weighted by Gasteiger charge is 2.17. The number of amides is 1. The van der Waals surface area contributed by atoms with Crippen molar-refractivity contribution in [3.05, 3.63) is 41.0 Å². The van der Waals surface area contributed by atoms with Crippen molar-refractivity contribution in [3.8, 4) is 17.2 Å². The Labute approximate surface area is 145 Å². The highest BCUT2D eigenvalue weighted by atomic mass is 35.5. The maximum atomic E-state index is 12.3. The Morgan fingerprint density at radius 1 is 1.13 bits per heavy atom. The van der Waals surface area contributed by atoms with Crippen LogP contribution >= 0.6 is 24.0 Å². The number of pyridine rings is 1. The summed E-state index contributed by atoms with van der Waals surface area (Å²) in [7, 11) is 4.46. The van der Waals surface area contributed by atoms with Crippen LogP contribution in [0.3, 0.4) is 0 Å². The Balaban J connectivity index is 0.00000264. The molecule has 0 bridgehead atoms. The van der Waals surface area contributed by atoms with Gasteiger partial charge in [0.05, 0.1) is 26.4 Å². The molecule has 0 fully saturated rings. The Hall–Kier alpha value is -2.18. The van der Waals surface area contributed by atoms with E-state index < -0.39 is 0 Å². The van der Waals surface area contributed by atoms with E-state index in [1.807, 2.05) is 0 Å². The number of carbonyl (C=O) groups excluding carboxylic acids is 1.